The predicted octanol–water partition coefficient (Wildman–Crippen LogP) is 2.75. The lowest BCUT2D eigenvalue weighted by molar-refractivity contribution is -0.0623. The van der Waals surface area contributed by atoms with Gasteiger partial charge in [-0.3, -0.25) is 0 Å². The number of aliphatic hydroxyl groups excluding tert-OH is 1. The molecule has 2 atom stereocenters. The van der Waals surface area contributed by atoms with Crippen LogP contribution in [-0.4, -0.2) is 15.1 Å². The molecule has 4 bridgehead atoms. The highest BCUT2D eigenvalue weighted by Gasteiger charge is 2.56. The van der Waals surface area contributed by atoms with E-state index in [4.69, 9.17) is 0 Å². The van der Waals surface area contributed by atoms with Crippen LogP contribution in [0.15, 0.2) is 0 Å². The molecular weight excluding hydrogens is 275 g/mol. The molecule has 4 aliphatic carbocycles. The van der Waals surface area contributed by atoms with Crippen molar-refractivity contribution in [2.45, 2.75) is 41.9 Å². The molecule has 1 N–H and O–H groups in total. The Bertz CT molecular complexity index is 224. The minimum absolute atomic E-state index is 0.352. The molecule has 1 nitrogen and oxygen atoms in total. The zero-order chi connectivity index (χ0) is 9.10. The molecule has 4 aliphatic rings. The van der Waals surface area contributed by atoms with E-state index in [0.29, 0.717) is 15.4 Å². The lowest BCUT2D eigenvalue weighted by atomic mass is 9.50. The van der Waals surface area contributed by atoms with Crippen LogP contribution in [0.1, 0.15) is 38.5 Å². The van der Waals surface area contributed by atoms with Gasteiger partial charge >= 0.3 is 0 Å². The lowest BCUT2D eigenvalue weighted by Gasteiger charge is -2.60. The summed E-state index contributed by atoms with van der Waals surface area (Å²) in [5, 5.41) is 9.54. The smallest absolute Gasteiger partial charge is 0.0488 e. The third-order valence-electron chi connectivity index (χ3n) is 4.45. The van der Waals surface area contributed by atoms with E-state index in [1.807, 2.05) is 0 Å². The van der Waals surface area contributed by atoms with Crippen LogP contribution in [0.2, 0.25) is 0 Å². The van der Waals surface area contributed by atoms with Crippen molar-refractivity contribution in [1.29, 1.82) is 0 Å². The fourth-order valence-electron chi connectivity index (χ4n) is 4.52. The van der Waals surface area contributed by atoms with Crippen molar-refractivity contribution in [1.82, 2.24) is 0 Å². The van der Waals surface area contributed by atoms with Gasteiger partial charge in [-0.05, 0) is 55.8 Å². The van der Waals surface area contributed by atoms with Crippen molar-refractivity contribution in [2.24, 2.45) is 17.3 Å². The minimum atomic E-state index is 0.352. The van der Waals surface area contributed by atoms with Gasteiger partial charge in [0.15, 0.2) is 0 Å². The van der Waals surface area contributed by atoms with Crippen LogP contribution in [0.5, 0.6) is 0 Å². The van der Waals surface area contributed by atoms with Gasteiger partial charge in [0.05, 0.1) is 0 Å². The first-order chi connectivity index (χ1) is 6.13. The fraction of sp³-hybridized carbons (Fsp3) is 1.00. The molecule has 0 radical (unpaired) electrons. The van der Waals surface area contributed by atoms with Gasteiger partial charge in [-0.25, -0.2) is 0 Å². The molecule has 4 fully saturated rings. The Kier molecular flexibility index (Phi) is 1.81. The average molecular weight is 292 g/mol. The zero-order valence-electron chi connectivity index (χ0n) is 7.93. The van der Waals surface area contributed by atoms with Crippen LogP contribution >= 0.6 is 22.6 Å². The summed E-state index contributed by atoms with van der Waals surface area (Å²) in [4.78, 5) is 0. The number of hydrogen-bond donors (Lipinski definition) is 1. The summed E-state index contributed by atoms with van der Waals surface area (Å²) < 4.78 is 0.574. The highest BCUT2D eigenvalue weighted by Crippen LogP contribution is 2.64. The molecule has 2 unspecified atom stereocenters. The monoisotopic (exact) mass is 292 g/mol. The number of alkyl halides is 1. The Balaban J connectivity index is 1.95. The van der Waals surface area contributed by atoms with E-state index in [9.17, 15) is 5.11 Å². The molecule has 13 heavy (non-hydrogen) atoms. The maximum atomic E-state index is 9.54. The summed E-state index contributed by atoms with van der Waals surface area (Å²) in [7, 11) is 0. The maximum Gasteiger partial charge on any atom is 0.0488 e. The molecule has 0 spiro atoms. The largest absolute Gasteiger partial charge is 0.396 e. The van der Waals surface area contributed by atoms with Crippen LogP contribution in [0.3, 0.4) is 0 Å². The molecule has 74 valence electrons. The summed E-state index contributed by atoms with van der Waals surface area (Å²) in [6.07, 6.45) is 8.28. The van der Waals surface area contributed by atoms with E-state index in [-0.39, 0.29) is 0 Å². The number of rotatable bonds is 1. The van der Waals surface area contributed by atoms with Crippen molar-refractivity contribution in [3.8, 4) is 0 Å². The second-order valence-corrected chi connectivity index (χ2v) is 8.06. The van der Waals surface area contributed by atoms with Gasteiger partial charge in [0.25, 0.3) is 0 Å². The molecule has 0 aromatic carbocycles. The molecule has 0 heterocycles. The first-order valence-corrected chi connectivity index (χ1v) is 6.51. The van der Waals surface area contributed by atoms with E-state index < -0.39 is 0 Å². The van der Waals surface area contributed by atoms with Gasteiger partial charge in [0.1, 0.15) is 0 Å². The summed E-state index contributed by atoms with van der Waals surface area (Å²) in [5.41, 5.74) is 0.352. The number of aliphatic hydroxyl groups is 1. The molecule has 0 aromatic rings. The molecule has 4 rings (SSSR count). The Morgan fingerprint density at radius 2 is 1.77 bits per heavy atom. The first kappa shape index (κ1) is 8.96. The summed E-state index contributed by atoms with van der Waals surface area (Å²) in [6, 6.07) is 0. The Morgan fingerprint density at radius 3 is 2.23 bits per heavy atom. The second kappa shape index (κ2) is 2.63. The van der Waals surface area contributed by atoms with E-state index in [1.165, 1.54) is 38.5 Å². The van der Waals surface area contributed by atoms with E-state index >= 15 is 0 Å². The Morgan fingerprint density at radius 1 is 1.15 bits per heavy atom. The van der Waals surface area contributed by atoms with Crippen LogP contribution in [0.25, 0.3) is 0 Å². The molecule has 2 heteroatoms. The highest BCUT2D eigenvalue weighted by molar-refractivity contribution is 14.1. The van der Waals surface area contributed by atoms with Crippen LogP contribution in [0, 0.1) is 17.3 Å². The summed E-state index contributed by atoms with van der Waals surface area (Å²) >= 11 is 2.69. The zero-order valence-corrected chi connectivity index (χ0v) is 10.1. The third kappa shape index (κ3) is 1.28. The van der Waals surface area contributed by atoms with E-state index in [0.717, 1.165) is 11.8 Å². The molecule has 0 saturated heterocycles. The quantitative estimate of drug-likeness (QED) is 0.582. The molecule has 0 aromatic heterocycles. The molecule has 4 saturated carbocycles. The van der Waals surface area contributed by atoms with Gasteiger partial charge in [0, 0.05) is 10.0 Å². The van der Waals surface area contributed by atoms with Gasteiger partial charge < -0.3 is 5.11 Å². The fourth-order valence-corrected chi connectivity index (χ4v) is 6.58. The molecule has 0 amide bonds. The molecule has 0 aliphatic heterocycles. The maximum absolute atomic E-state index is 9.54. The number of halogens is 1. The third-order valence-corrected chi connectivity index (χ3v) is 5.71. The van der Waals surface area contributed by atoms with Gasteiger partial charge in [-0.15, -0.1) is 0 Å². The Hall–Kier alpha value is 0.690. The molecular formula is C11H17IO. The van der Waals surface area contributed by atoms with Gasteiger partial charge in [-0.2, -0.15) is 0 Å². The normalized spacial score (nSPS) is 58.6. The van der Waals surface area contributed by atoms with Crippen molar-refractivity contribution in [2.75, 3.05) is 6.61 Å². The summed E-state index contributed by atoms with van der Waals surface area (Å²) in [5.74, 6) is 1.90. The van der Waals surface area contributed by atoms with Crippen LogP contribution in [0.4, 0.5) is 0 Å². The number of hydrogen-bond acceptors (Lipinski definition) is 1. The van der Waals surface area contributed by atoms with Crippen molar-refractivity contribution >= 4 is 22.6 Å². The minimum Gasteiger partial charge on any atom is -0.396 e. The van der Waals surface area contributed by atoms with Crippen molar-refractivity contribution in [3.63, 3.8) is 0 Å². The first-order valence-electron chi connectivity index (χ1n) is 5.43. The SMILES string of the molecule is OCC12CC3CC(CC(I)(C3)C1)C2. The lowest BCUT2D eigenvalue weighted by Crippen LogP contribution is -2.54. The van der Waals surface area contributed by atoms with Crippen molar-refractivity contribution in [3.05, 3.63) is 0 Å². The average Bonchev–Trinajstić information content (AvgIpc) is 1.99. The second-order valence-electron chi connectivity index (χ2n) is 5.77. The van der Waals surface area contributed by atoms with E-state index in [2.05, 4.69) is 22.6 Å². The van der Waals surface area contributed by atoms with Crippen LogP contribution in [-0.2, 0) is 0 Å². The van der Waals surface area contributed by atoms with Crippen LogP contribution < -0.4 is 0 Å². The Labute approximate surface area is 93.4 Å². The summed E-state index contributed by atoms with van der Waals surface area (Å²) in [6.45, 7) is 0.449. The van der Waals surface area contributed by atoms with Gasteiger partial charge in [-0.1, -0.05) is 22.6 Å². The van der Waals surface area contributed by atoms with E-state index in [1.54, 1.807) is 0 Å². The predicted molar refractivity (Wildman–Crippen MR) is 61.0 cm³/mol. The van der Waals surface area contributed by atoms with Gasteiger partial charge in [0.2, 0.25) is 0 Å². The highest BCUT2D eigenvalue weighted by atomic mass is 127. The standard InChI is InChI=1S/C11H17IO/c12-11-4-8-1-9(5-11)3-10(2-8,6-11)7-13/h8-9,13H,1-7H2. The van der Waals surface area contributed by atoms with Crippen molar-refractivity contribution < 1.29 is 5.11 Å². The topological polar surface area (TPSA) is 20.2 Å².